The van der Waals surface area contributed by atoms with Crippen LogP contribution in [0.2, 0.25) is 0 Å². The second-order valence-corrected chi connectivity index (χ2v) is 18.1. The predicted octanol–water partition coefficient (Wildman–Crippen LogP) is 15.5. The number of allylic oxidation sites excluding steroid dienone is 8. The summed E-state index contributed by atoms with van der Waals surface area (Å²) in [4.78, 5) is 22.6. The molecule has 0 spiro atoms. The zero-order valence-corrected chi connectivity index (χ0v) is 40.1. The molecule has 0 aromatic rings. The zero-order chi connectivity index (χ0) is 43.7. The van der Waals surface area contributed by atoms with Crippen LogP contribution in [0.4, 0.5) is 0 Å². The van der Waals surface area contributed by atoms with Crippen molar-refractivity contribution in [3.05, 3.63) is 48.6 Å². The van der Waals surface area contributed by atoms with Gasteiger partial charge in [0.15, 0.2) is 0 Å². The third kappa shape index (κ3) is 47.5. The average molecular weight is 866 g/mol. The van der Waals surface area contributed by atoms with Crippen molar-refractivity contribution in [2.75, 3.05) is 33.0 Å². The van der Waals surface area contributed by atoms with E-state index in [0.717, 1.165) is 51.4 Å². The molecule has 2 atom stereocenters. The second kappa shape index (κ2) is 48.5. The Balaban J connectivity index is 3.98. The summed E-state index contributed by atoms with van der Waals surface area (Å²) < 4.78 is 33.6. The molecular weight excluding hydrogens is 770 g/mol. The van der Waals surface area contributed by atoms with Gasteiger partial charge in [0.05, 0.1) is 19.8 Å². The molecule has 0 fully saturated rings. The van der Waals surface area contributed by atoms with E-state index in [0.29, 0.717) is 13.0 Å². The molecule has 0 heterocycles. The monoisotopic (exact) mass is 866 g/mol. The summed E-state index contributed by atoms with van der Waals surface area (Å²) in [5, 5.41) is 0. The van der Waals surface area contributed by atoms with Gasteiger partial charge in [-0.2, -0.15) is 0 Å². The number of unbranched alkanes of at least 4 members (excludes halogenated alkanes) is 27. The fourth-order valence-electron chi connectivity index (χ4n) is 7.00. The Morgan fingerprint density at radius 2 is 0.883 bits per heavy atom. The molecule has 0 bridgehead atoms. The molecule has 0 radical (unpaired) electrons. The van der Waals surface area contributed by atoms with Crippen LogP contribution in [0.3, 0.4) is 0 Å². The maximum absolute atomic E-state index is 12.6. The van der Waals surface area contributed by atoms with Crippen molar-refractivity contribution in [2.24, 2.45) is 5.73 Å². The van der Waals surface area contributed by atoms with Crippen molar-refractivity contribution in [2.45, 2.75) is 238 Å². The van der Waals surface area contributed by atoms with E-state index in [2.05, 4.69) is 62.5 Å². The first-order chi connectivity index (χ1) is 29.4. The van der Waals surface area contributed by atoms with Gasteiger partial charge in [-0.15, -0.1) is 0 Å². The lowest BCUT2D eigenvalue weighted by Crippen LogP contribution is -2.28. The zero-order valence-electron chi connectivity index (χ0n) is 39.2. The summed E-state index contributed by atoms with van der Waals surface area (Å²) in [5.74, 6) is -0.335. The first kappa shape index (κ1) is 58.5. The van der Waals surface area contributed by atoms with Crippen molar-refractivity contribution in [1.29, 1.82) is 0 Å². The molecule has 0 aliphatic heterocycles. The molecule has 9 heteroatoms. The Morgan fingerprint density at radius 3 is 1.33 bits per heavy atom. The number of hydrogen-bond acceptors (Lipinski definition) is 7. The van der Waals surface area contributed by atoms with Crippen LogP contribution < -0.4 is 5.73 Å². The van der Waals surface area contributed by atoms with E-state index >= 15 is 0 Å². The summed E-state index contributed by atoms with van der Waals surface area (Å²) in [5.41, 5.74) is 5.39. The van der Waals surface area contributed by atoms with Crippen molar-refractivity contribution >= 4 is 13.8 Å². The molecule has 2 unspecified atom stereocenters. The maximum Gasteiger partial charge on any atom is 0.472 e. The molecule has 8 nitrogen and oxygen atoms in total. The number of esters is 1. The van der Waals surface area contributed by atoms with E-state index in [-0.39, 0.29) is 32.3 Å². The Bertz CT molecular complexity index is 1060. The number of carbonyl (C=O) groups excluding carboxylic acids is 1. The molecule has 0 saturated carbocycles. The molecular formula is C51H96NO7P. The number of rotatable bonds is 48. The van der Waals surface area contributed by atoms with Crippen molar-refractivity contribution in [1.82, 2.24) is 0 Å². The quantitative estimate of drug-likeness (QED) is 0.0269. The van der Waals surface area contributed by atoms with Crippen LogP contribution in [-0.4, -0.2) is 49.9 Å². The van der Waals surface area contributed by atoms with Crippen LogP contribution in [0.1, 0.15) is 232 Å². The fourth-order valence-corrected chi connectivity index (χ4v) is 7.76. The smallest absolute Gasteiger partial charge is 0.457 e. The molecule has 3 N–H and O–H groups in total. The first-order valence-electron chi connectivity index (χ1n) is 25.1. The molecule has 0 aliphatic carbocycles. The minimum Gasteiger partial charge on any atom is -0.457 e. The van der Waals surface area contributed by atoms with Crippen LogP contribution in [0.25, 0.3) is 0 Å². The minimum absolute atomic E-state index is 0.0972. The van der Waals surface area contributed by atoms with Gasteiger partial charge in [-0.25, -0.2) is 4.57 Å². The van der Waals surface area contributed by atoms with Crippen LogP contribution in [0.15, 0.2) is 48.6 Å². The summed E-state index contributed by atoms with van der Waals surface area (Å²) in [6.07, 6.45) is 58.5. The van der Waals surface area contributed by atoms with Gasteiger partial charge < -0.3 is 20.1 Å². The third-order valence-corrected chi connectivity index (χ3v) is 11.7. The molecule has 60 heavy (non-hydrogen) atoms. The first-order valence-corrected chi connectivity index (χ1v) is 26.6. The van der Waals surface area contributed by atoms with Gasteiger partial charge in [-0.05, 0) is 77.0 Å². The maximum atomic E-state index is 12.6. The molecule has 0 aromatic heterocycles. The van der Waals surface area contributed by atoms with Crippen LogP contribution >= 0.6 is 7.82 Å². The number of hydrogen-bond donors (Lipinski definition) is 2. The van der Waals surface area contributed by atoms with Gasteiger partial charge in [-0.1, -0.05) is 197 Å². The van der Waals surface area contributed by atoms with Gasteiger partial charge in [-0.3, -0.25) is 13.8 Å². The molecule has 0 saturated heterocycles. The standard InChI is InChI=1S/C51H96NO7P/c1-3-5-7-9-11-13-15-17-19-21-23-24-25-27-29-31-33-35-37-39-41-43-46-56-48-50(49-58-60(54,55)57-47-45-52)59-51(53)44-42-40-38-36-34-32-30-28-26-22-20-18-16-14-12-10-8-6-4-2/h15,17-18,20-21,23,25,27,50H,3-14,16,19,22,24,26,28-49,52H2,1-2H3,(H,54,55)/b17-15-,20-18-,23-21-,27-25-. The van der Waals surface area contributed by atoms with Gasteiger partial charge in [0.1, 0.15) is 6.10 Å². The molecule has 0 rings (SSSR count). The van der Waals surface area contributed by atoms with Crippen LogP contribution in [0.5, 0.6) is 0 Å². The van der Waals surface area contributed by atoms with Crippen LogP contribution in [0, 0.1) is 0 Å². The summed E-state index contributed by atoms with van der Waals surface area (Å²) in [6, 6.07) is 0. The highest BCUT2D eigenvalue weighted by molar-refractivity contribution is 7.47. The third-order valence-electron chi connectivity index (χ3n) is 10.7. The second-order valence-electron chi connectivity index (χ2n) is 16.7. The summed E-state index contributed by atoms with van der Waals surface area (Å²) in [6.45, 7) is 4.90. The molecule has 0 aliphatic rings. The Morgan fingerprint density at radius 1 is 0.500 bits per heavy atom. The molecule has 0 aromatic carbocycles. The van der Waals surface area contributed by atoms with E-state index in [1.165, 1.54) is 161 Å². The number of carbonyl (C=O) groups is 1. The van der Waals surface area contributed by atoms with E-state index in [1.54, 1.807) is 0 Å². The van der Waals surface area contributed by atoms with Crippen molar-refractivity contribution in [3.8, 4) is 0 Å². The van der Waals surface area contributed by atoms with E-state index in [4.69, 9.17) is 24.3 Å². The van der Waals surface area contributed by atoms with Gasteiger partial charge in [0, 0.05) is 19.6 Å². The highest BCUT2D eigenvalue weighted by atomic mass is 31.2. The lowest BCUT2D eigenvalue weighted by Gasteiger charge is -2.20. The summed E-state index contributed by atoms with van der Waals surface area (Å²) >= 11 is 0. The average Bonchev–Trinajstić information content (AvgIpc) is 3.24. The van der Waals surface area contributed by atoms with E-state index in [9.17, 15) is 14.3 Å². The number of nitrogens with two attached hydrogens (primary N) is 1. The fraction of sp³-hybridized carbons (Fsp3) is 0.824. The normalized spacial score (nSPS) is 13.7. The molecule has 0 amide bonds. The molecule has 352 valence electrons. The van der Waals surface area contributed by atoms with Crippen molar-refractivity contribution < 1.29 is 32.8 Å². The van der Waals surface area contributed by atoms with Gasteiger partial charge >= 0.3 is 13.8 Å². The Hall–Kier alpha value is -1.54. The number of phosphoric acid groups is 1. The topological polar surface area (TPSA) is 117 Å². The van der Waals surface area contributed by atoms with Gasteiger partial charge in [0.25, 0.3) is 0 Å². The number of ether oxygens (including phenoxy) is 2. The number of phosphoric ester groups is 1. The van der Waals surface area contributed by atoms with E-state index < -0.39 is 13.9 Å². The van der Waals surface area contributed by atoms with Gasteiger partial charge in [0.2, 0.25) is 0 Å². The van der Waals surface area contributed by atoms with Crippen molar-refractivity contribution in [3.63, 3.8) is 0 Å². The summed E-state index contributed by atoms with van der Waals surface area (Å²) in [7, 11) is -4.29. The largest absolute Gasteiger partial charge is 0.472 e. The van der Waals surface area contributed by atoms with Crippen LogP contribution in [-0.2, 0) is 27.9 Å². The van der Waals surface area contributed by atoms with E-state index in [1.807, 2.05) is 0 Å². The Kier molecular flexibility index (Phi) is 47.2. The predicted molar refractivity (Wildman–Crippen MR) is 256 cm³/mol. The lowest BCUT2D eigenvalue weighted by atomic mass is 10.1. The SMILES string of the molecule is CCCCCCC/C=C\C/C=C\C/C=C\CCCCCCCCCOCC(COP(=O)(O)OCCN)OC(=O)CCCCCCCCCCC/C=C\CCCCCCCC. The minimum atomic E-state index is -4.29. The highest BCUT2D eigenvalue weighted by Gasteiger charge is 2.25. The highest BCUT2D eigenvalue weighted by Crippen LogP contribution is 2.43. The Labute approximate surface area is 371 Å². The lowest BCUT2D eigenvalue weighted by molar-refractivity contribution is -0.154.